The Morgan fingerprint density at radius 3 is 2.55 bits per heavy atom. The van der Waals surface area contributed by atoms with Gasteiger partial charge in [0.1, 0.15) is 11.5 Å². The highest BCUT2D eigenvalue weighted by molar-refractivity contribution is 7.87. The molecule has 1 aliphatic rings. The average molecular weight is 436 g/mol. The first-order valence-electron chi connectivity index (χ1n) is 8.77. The molecule has 1 atom stereocenters. The van der Waals surface area contributed by atoms with E-state index in [1.165, 1.54) is 12.1 Å². The lowest BCUT2D eigenvalue weighted by Crippen LogP contribution is -2.52. The number of nitrogens with zero attached hydrogens (tertiary/aromatic N) is 2. The zero-order chi connectivity index (χ0) is 21.7. The van der Waals surface area contributed by atoms with Crippen LogP contribution in [0.4, 0.5) is 23.8 Å². The Balaban J connectivity index is 2.10. The van der Waals surface area contributed by atoms with Gasteiger partial charge in [-0.05, 0) is 25.3 Å². The summed E-state index contributed by atoms with van der Waals surface area (Å²) in [6.07, 6.45) is -2.46. The molecule has 0 aromatic carbocycles. The highest BCUT2D eigenvalue weighted by atomic mass is 32.2. The molecule has 2 amide bonds. The highest BCUT2D eigenvalue weighted by Gasteiger charge is 2.34. The number of carbonyl (C=O) groups excluding carboxylic acids is 1. The molecule has 0 radical (unpaired) electrons. The number of rotatable bonds is 8. The van der Waals surface area contributed by atoms with Gasteiger partial charge in [-0.15, -0.1) is 6.58 Å². The predicted octanol–water partition coefficient (Wildman–Crippen LogP) is 1.20. The van der Waals surface area contributed by atoms with Crippen molar-refractivity contribution in [3.8, 4) is 0 Å². The smallest absolute Gasteiger partial charge is 0.356 e. The summed E-state index contributed by atoms with van der Waals surface area (Å²) in [7, 11) is -4.06. The van der Waals surface area contributed by atoms with E-state index in [2.05, 4.69) is 22.2 Å². The molecule has 0 spiro atoms. The Hall–Kier alpha value is -2.38. The number of nitrogens with two attached hydrogens (primary N) is 1. The van der Waals surface area contributed by atoms with Gasteiger partial charge in [-0.3, -0.25) is 0 Å². The van der Waals surface area contributed by atoms with Crippen LogP contribution >= 0.6 is 0 Å². The van der Waals surface area contributed by atoms with E-state index in [0.717, 1.165) is 18.9 Å². The third-order valence-electron chi connectivity index (χ3n) is 4.11. The first-order valence-corrected chi connectivity index (χ1v) is 10.3. The molecular formula is C16H23F3N6O3S. The number of aromatic nitrogens is 1. The minimum Gasteiger partial charge on any atom is -0.356 e. The summed E-state index contributed by atoms with van der Waals surface area (Å²) in [5, 5.41) is 9.75. The molecule has 0 bridgehead atoms. The molecule has 2 rings (SSSR count). The number of hydrogen-bond acceptors (Lipinski definition) is 5. The number of pyridine rings is 1. The largest absolute Gasteiger partial charge is 0.433 e. The van der Waals surface area contributed by atoms with Crippen LogP contribution in [0, 0.1) is 0 Å². The van der Waals surface area contributed by atoms with Crippen molar-refractivity contribution in [2.75, 3.05) is 18.0 Å². The molecule has 1 aliphatic heterocycles. The Morgan fingerprint density at radius 1 is 1.34 bits per heavy atom. The van der Waals surface area contributed by atoms with Crippen LogP contribution in [0.15, 0.2) is 24.8 Å². The molecule has 29 heavy (non-hydrogen) atoms. The van der Waals surface area contributed by atoms with Crippen molar-refractivity contribution < 1.29 is 26.4 Å². The molecule has 1 fully saturated rings. The summed E-state index contributed by atoms with van der Waals surface area (Å²) in [4.78, 5) is 17.6. The molecule has 0 aliphatic carbocycles. The predicted molar refractivity (Wildman–Crippen MR) is 101 cm³/mol. The van der Waals surface area contributed by atoms with Gasteiger partial charge in [0.15, 0.2) is 0 Å². The van der Waals surface area contributed by atoms with E-state index in [0.29, 0.717) is 18.7 Å². The van der Waals surface area contributed by atoms with Crippen LogP contribution in [-0.2, 0) is 22.9 Å². The maximum Gasteiger partial charge on any atom is 0.433 e. The zero-order valence-corrected chi connectivity index (χ0v) is 16.3. The Bertz CT molecular complexity index is 841. The summed E-state index contributed by atoms with van der Waals surface area (Å²) in [5.74, 6) is 0.169. The average Bonchev–Trinajstić information content (AvgIpc) is 3.12. The van der Waals surface area contributed by atoms with Crippen molar-refractivity contribution in [2.24, 2.45) is 5.14 Å². The van der Waals surface area contributed by atoms with Gasteiger partial charge in [-0.2, -0.15) is 26.3 Å². The number of anilines is 1. The first kappa shape index (κ1) is 22.9. The van der Waals surface area contributed by atoms with Crippen molar-refractivity contribution >= 4 is 22.1 Å². The fourth-order valence-electron chi connectivity index (χ4n) is 2.86. The number of amides is 2. The quantitative estimate of drug-likeness (QED) is 0.359. The van der Waals surface area contributed by atoms with Crippen LogP contribution < -0.4 is 25.4 Å². The monoisotopic (exact) mass is 436 g/mol. The number of carbonyl (C=O) groups is 1. The standard InChI is InChI=1S/C16H23F3N6O3S/c1-2-5-13(24-29(20,27)28)23-15(26)21-10-11-6-7-12(16(17,18)19)22-14(11)25-8-3-4-9-25/h2,6-7,13,24H,1,3-5,8-10H2,(H2,20,27,28)(H2,21,23,26). The Labute approximate surface area is 166 Å². The third kappa shape index (κ3) is 7.18. The lowest BCUT2D eigenvalue weighted by Gasteiger charge is -2.22. The molecular weight excluding hydrogens is 413 g/mol. The van der Waals surface area contributed by atoms with Gasteiger partial charge in [0, 0.05) is 25.2 Å². The molecule has 1 unspecified atom stereocenters. The zero-order valence-electron chi connectivity index (χ0n) is 15.5. The van der Waals surface area contributed by atoms with Crippen LogP contribution in [0.5, 0.6) is 0 Å². The van der Waals surface area contributed by atoms with E-state index in [1.54, 1.807) is 4.90 Å². The van der Waals surface area contributed by atoms with Crippen LogP contribution in [-0.4, -0.2) is 38.7 Å². The normalized spacial score (nSPS) is 15.8. The lowest BCUT2D eigenvalue weighted by molar-refractivity contribution is -0.141. The van der Waals surface area contributed by atoms with Crippen molar-refractivity contribution in [1.29, 1.82) is 0 Å². The maximum atomic E-state index is 13.0. The molecule has 5 N–H and O–H groups in total. The summed E-state index contributed by atoms with van der Waals surface area (Å²) >= 11 is 0. The number of alkyl halides is 3. The van der Waals surface area contributed by atoms with E-state index in [1.807, 2.05) is 4.72 Å². The molecule has 2 heterocycles. The highest BCUT2D eigenvalue weighted by Crippen LogP contribution is 2.31. The van der Waals surface area contributed by atoms with Gasteiger partial charge < -0.3 is 15.5 Å². The third-order valence-corrected chi connectivity index (χ3v) is 4.72. The van der Waals surface area contributed by atoms with Crippen molar-refractivity contribution in [1.82, 2.24) is 20.3 Å². The summed E-state index contributed by atoms with van der Waals surface area (Å²) in [5.41, 5.74) is -0.592. The van der Waals surface area contributed by atoms with Crippen LogP contribution in [0.2, 0.25) is 0 Å². The van der Waals surface area contributed by atoms with E-state index in [4.69, 9.17) is 5.14 Å². The number of hydrogen-bond donors (Lipinski definition) is 4. The van der Waals surface area contributed by atoms with Gasteiger partial charge in [-0.1, -0.05) is 12.1 Å². The number of nitrogens with one attached hydrogen (secondary N) is 3. The Kier molecular flexibility index (Phi) is 7.43. The summed E-state index contributed by atoms with van der Waals surface area (Å²) < 4.78 is 63.4. The Morgan fingerprint density at radius 2 is 2.00 bits per heavy atom. The number of urea groups is 1. The fraction of sp³-hybridized carbons (Fsp3) is 0.500. The topological polar surface area (TPSA) is 129 Å². The van der Waals surface area contributed by atoms with Crippen LogP contribution in [0.25, 0.3) is 0 Å². The van der Waals surface area contributed by atoms with E-state index >= 15 is 0 Å². The van der Waals surface area contributed by atoms with Gasteiger partial charge in [0.25, 0.3) is 10.2 Å². The molecule has 13 heteroatoms. The molecule has 162 valence electrons. The van der Waals surface area contributed by atoms with E-state index in [9.17, 15) is 26.4 Å². The molecule has 1 aromatic rings. The van der Waals surface area contributed by atoms with Crippen LogP contribution in [0.1, 0.15) is 30.5 Å². The van der Waals surface area contributed by atoms with Gasteiger partial charge in [0.05, 0.1) is 6.17 Å². The van der Waals surface area contributed by atoms with Crippen LogP contribution in [0.3, 0.4) is 0 Å². The first-order chi connectivity index (χ1) is 13.5. The lowest BCUT2D eigenvalue weighted by atomic mass is 10.2. The van der Waals surface area contributed by atoms with Crippen molar-refractivity contribution in [2.45, 2.75) is 38.1 Å². The molecule has 1 aromatic heterocycles. The van der Waals surface area contributed by atoms with Crippen molar-refractivity contribution in [3.63, 3.8) is 0 Å². The van der Waals surface area contributed by atoms with Gasteiger partial charge in [-0.25, -0.2) is 14.9 Å². The SMILES string of the molecule is C=CCC(NC(=O)NCc1ccc(C(F)(F)F)nc1N1CCCC1)NS(N)(=O)=O. The minimum absolute atomic E-state index is 0.0741. The molecule has 0 saturated carbocycles. The number of halogens is 3. The second-order valence-corrected chi connectivity index (χ2v) is 7.76. The molecule has 1 saturated heterocycles. The second-order valence-electron chi connectivity index (χ2n) is 6.44. The maximum absolute atomic E-state index is 13.0. The van der Waals surface area contributed by atoms with Crippen molar-refractivity contribution in [3.05, 3.63) is 36.0 Å². The fourth-order valence-corrected chi connectivity index (χ4v) is 3.41. The van der Waals surface area contributed by atoms with Gasteiger partial charge >= 0.3 is 12.2 Å². The van der Waals surface area contributed by atoms with E-state index < -0.39 is 34.3 Å². The van der Waals surface area contributed by atoms with Gasteiger partial charge in [0.2, 0.25) is 0 Å². The summed E-state index contributed by atoms with van der Waals surface area (Å²) in [6, 6.07) is 1.39. The molecule has 9 nitrogen and oxygen atoms in total. The second kappa shape index (κ2) is 9.41. The summed E-state index contributed by atoms with van der Waals surface area (Å²) in [6.45, 7) is 4.52. The minimum atomic E-state index is -4.57. The van der Waals surface area contributed by atoms with E-state index in [-0.39, 0.29) is 18.8 Å².